The molecule has 1 fully saturated rings. The number of benzene rings is 2. The molecular formula is C20H23NO7S. The van der Waals surface area contributed by atoms with Gasteiger partial charge in [-0.05, 0) is 36.4 Å². The molecule has 0 spiro atoms. The van der Waals surface area contributed by atoms with Gasteiger partial charge in [0.05, 0.1) is 38.9 Å². The van der Waals surface area contributed by atoms with Crippen LogP contribution in [0.3, 0.4) is 0 Å². The van der Waals surface area contributed by atoms with E-state index in [4.69, 9.17) is 18.9 Å². The monoisotopic (exact) mass is 421 g/mol. The van der Waals surface area contributed by atoms with E-state index in [9.17, 15) is 13.2 Å². The van der Waals surface area contributed by atoms with Crippen molar-refractivity contribution in [2.75, 3.05) is 41.5 Å². The Labute approximate surface area is 169 Å². The molecule has 0 aliphatic carbocycles. The van der Waals surface area contributed by atoms with Crippen molar-refractivity contribution < 1.29 is 32.2 Å². The van der Waals surface area contributed by atoms with Crippen LogP contribution in [0.1, 0.15) is 10.4 Å². The van der Waals surface area contributed by atoms with E-state index in [2.05, 4.69) is 0 Å². The van der Waals surface area contributed by atoms with Gasteiger partial charge < -0.3 is 23.8 Å². The lowest BCUT2D eigenvalue weighted by atomic mass is 10.1. The predicted molar refractivity (Wildman–Crippen MR) is 106 cm³/mol. The molecular weight excluding hydrogens is 398 g/mol. The lowest BCUT2D eigenvalue weighted by molar-refractivity contribution is 0.0654. The molecule has 0 unspecified atom stereocenters. The summed E-state index contributed by atoms with van der Waals surface area (Å²) in [4.78, 5) is 14.6. The molecule has 8 nitrogen and oxygen atoms in total. The van der Waals surface area contributed by atoms with Gasteiger partial charge in [0.25, 0.3) is 5.91 Å². The second-order valence-corrected chi connectivity index (χ2v) is 8.66. The van der Waals surface area contributed by atoms with Gasteiger partial charge >= 0.3 is 0 Å². The summed E-state index contributed by atoms with van der Waals surface area (Å²) >= 11 is 0. The molecule has 1 heterocycles. The van der Waals surface area contributed by atoms with Crippen LogP contribution in [-0.2, 0) is 9.84 Å². The Morgan fingerprint density at radius 3 is 2.00 bits per heavy atom. The highest BCUT2D eigenvalue weighted by Crippen LogP contribution is 2.40. The number of carbonyl (C=O) groups is 1. The maximum absolute atomic E-state index is 12.9. The molecule has 9 heteroatoms. The molecule has 0 saturated carbocycles. The van der Waals surface area contributed by atoms with Crippen molar-refractivity contribution in [3.63, 3.8) is 0 Å². The fourth-order valence-electron chi connectivity index (χ4n) is 3.20. The number of hydrogen-bond acceptors (Lipinski definition) is 7. The molecule has 1 saturated heterocycles. The average Bonchev–Trinajstić information content (AvgIpc) is 2.70. The van der Waals surface area contributed by atoms with Crippen molar-refractivity contribution in [2.24, 2.45) is 0 Å². The first kappa shape index (κ1) is 20.8. The summed E-state index contributed by atoms with van der Waals surface area (Å²) in [5, 5.41) is -0.661. The number of rotatable bonds is 7. The zero-order valence-electron chi connectivity index (χ0n) is 16.7. The van der Waals surface area contributed by atoms with Gasteiger partial charge in [0, 0.05) is 13.1 Å². The lowest BCUT2D eigenvalue weighted by Gasteiger charge is -2.38. The normalized spacial score (nSPS) is 14.1. The van der Waals surface area contributed by atoms with Crippen LogP contribution < -0.4 is 18.9 Å². The summed E-state index contributed by atoms with van der Waals surface area (Å²) < 4.78 is 46.5. The second-order valence-electron chi connectivity index (χ2n) is 6.43. The van der Waals surface area contributed by atoms with Gasteiger partial charge in [-0.15, -0.1) is 0 Å². The van der Waals surface area contributed by atoms with Crippen LogP contribution in [0.2, 0.25) is 0 Å². The van der Waals surface area contributed by atoms with Gasteiger partial charge in [-0.2, -0.15) is 0 Å². The second kappa shape index (κ2) is 8.20. The maximum Gasteiger partial charge on any atom is 0.257 e. The molecule has 2 aromatic carbocycles. The van der Waals surface area contributed by atoms with E-state index < -0.39 is 15.1 Å². The van der Waals surface area contributed by atoms with Crippen LogP contribution in [-0.4, -0.2) is 66.0 Å². The number of carbonyl (C=O) groups excluding carboxylic acids is 1. The van der Waals surface area contributed by atoms with Gasteiger partial charge in [-0.25, -0.2) is 8.42 Å². The summed E-state index contributed by atoms with van der Waals surface area (Å²) in [5.74, 6) is 1.24. The number of nitrogens with zero attached hydrogens (tertiary/aromatic N) is 1. The highest BCUT2D eigenvalue weighted by Gasteiger charge is 2.41. The first-order chi connectivity index (χ1) is 13.9. The van der Waals surface area contributed by atoms with Gasteiger partial charge in [0.15, 0.2) is 21.3 Å². The third-order valence-electron chi connectivity index (χ3n) is 4.90. The van der Waals surface area contributed by atoms with Crippen molar-refractivity contribution >= 4 is 15.7 Å². The largest absolute Gasteiger partial charge is 0.497 e. The van der Waals surface area contributed by atoms with Gasteiger partial charge in [-0.3, -0.25) is 4.79 Å². The summed E-state index contributed by atoms with van der Waals surface area (Å²) in [6, 6.07) is 9.41. The van der Waals surface area contributed by atoms with E-state index in [0.717, 1.165) is 0 Å². The highest BCUT2D eigenvalue weighted by molar-refractivity contribution is 7.92. The minimum absolute atomic E-state index is 0.102. The van der Waals surface area contributed by atoms with E-state index in [1.807, 2.05) is 0 Å². The van der Waals surface area contributed by atoms with Crippen LogP contribution in [0.25, 0.3) is 0 Å². The minimum atomic E-state index is -3.54. The molecule has 1 aliphatic rings. The highest BCUT2D eigenvalue weighted by atomic mass is 32.2. The Hall–Kier alpha value is -2.94. The molecule has 1 aliphatic heterocycles. The van der Waals surface area contributed by atoms with Gasteiger partial charge in [-0.1, -0.05) is 0 Å². The van der Waals surface area contributed by atoms with Crippen molar-refractivity contribution in [2.45, 2.75) is 10.1 Å². The summed E-state index contributed by atoms with van der Waals surface area (Å²) in [6.45, 7) is 0.204. The van der Waals surface area contributed by atoms with Crippen LogP contribution >= 0.6 is 0 Å². The van der Waals surface area contributed by atoms with Crippen LogP contribution in [0.15, 0.2) is 41.3 Å². The van der Waals surface area contributed by atoms with Crippen molar-refractivity contribution in [1.82, 2.24) is 4.90 Å². The van der Waals surface area contributed by atoms with Crippen LogP contribution in [0, 0.1) is 0 Å². The first-order valence-corrected chi connectivity index (χ1v) is 10.4. The lowest BCUT2D eigenvalue weighted by Crippen LogP contribution is -2.56. The molecule has 2 aromatic rings. The number of hydrogen-bond donors (Lipinski definition) is 0. The zero-order chi connectivity index (χ0) is 21.2. The topological polar surface area (TPSA) is 91.4 Å². The Morgan fingerprint density at radius 1 is 0.862 bits per heavy atom. The van der Waals surface area contributed by atoms with Gasteiger partial charge in [0.1, 0.15) is 11.0 Å². The molecule has 0 radical (unpaired) electrons. The SMILES string of the molecule is COc1ccc(S(=O)(=O)C2CN(C(=O)c3ccc(OC)c(OC)c3OC)C2)cc1. The predicted octanol–water partition coefficient (Wildman–Crippen LogP) is 2.02. The van der Waals surface area contributed by atoms with E-state index >= 15 is 0 Å². The van der Waals surface area contributed by atoms with E-state index in [1.165, 1.54) is 45.5 Å². The number of methoxy groups -OCH3 is 4. The van der Waals surface area contributed by atoms with Crippen molar-refractivity contribution in [3.8, 4) is 23.0 Å². The van der Waals surface area contributed by atoms with Crippen LogP contribution in [0.5, 0.6) is 23.0 Å². The molecule has 0 bridgehead atoms. The fraction of sp³-hybridized carbons (Fsp3) is 0.350. The third-order valence-corrected chi connectivity index (χ3v) is 7.00. The Bertz CT molecular complexity index is 996. The average molecular weight is 421 g/mol. The van der Waals surface area contributed by atoms with Crippen LogP contribution in [0.4, 0.5) is 0 Å². The van der Waals surface area contributed by atoms with Crippen molar-refractivity contribution in [1.29, 1.82) is 0 Å². The fourth-order valence-corrected chi connectivity index (χ4v) is 4.85. The Kier molecular flexibility index (Phi) is 5.88. The van der Waals surface area contributed by atoms with E-state index in [1.54, 1.807) is 24.3 Å². The molecule has 0 aromatic heterocycles. The molecule has 156 valence electrons. The third kappa shape index (κ3) is 3.69. The summed E-state index contributed by atoms with van der Waals surface area (Å²) in [6.07, 6.45) is 0. The number of sulfone groups is 1. The van der Waals surface area contributed by atoms with E-state index in [-0.39, 0.29) is 35.2 Å². The Morgan fingerprint density at radius 2 is 1.48 bits per heavy atom. The standard InChI is InChI=1S/C20H23NO7S/c1-25-13-5-7-14(8-6-13)29(23,24)15-11-21(12-15)20(22)16-9-10-17(26-2)19(28-4)18(16)27-3/h5-10,15H,11-12H2,1-4H3. The number of ether oxygens (including phenoxy) is 4. The summed E-state index contributed by atoms with van der Waals surface area (Å²) in [7, 11) is 2.35. The molecule has 29 heavy (non-hydrogen) atoms. The first-order valence-electron chi connectivity index (χ1n) is 8.83. The zero-order valence-corrected chi connectivity index (χ0v) is 17.5. The maximum atomic E-state index is 12.9. The summed E-state index contributed by atoms with van der Waals surface area (Å²) in [5.41, 5.74) is 0.283. The Balaban J connectivity index is 1.77. The van der Waals surface area contributed by atoms with Crippen molar-refractivity contribution in [3.05, 3.63) is 42.0 Å². The molecule has 0 atom stereocenters. The molecule has 0 N–H and O–H groups in total. The quantitative estimate of drug-likeness (QED) is 0.675. The number of likely N-dealkylation sites (tertiary alicyclic amines) is 1. The smallest absolute Gasteiger partial charge is 0.257 e. The minimum Gasteiger partial charge on any atom is -0.497 e. The molecule has 1 amide bonds. The van der Waals surface area contributed by atoms with Gasteiger partial charge in [0.2, 0.25) is 5.75 Å². The molecule has 3 rings (SSSR count). The van der Waals surface area contributed by atoms with E-state index in [0.29, 0.717) is 17.2 Å². The number of amides is 1.